The van der Waals surface area contributed by atoms with Gasteiger partial charge in [0.15, 0.2) is 0 Å². The Labute approximate surface area is 176 Å². The Kier molecular flexibility index (Phi) is 6.10. The van der Waals surface area contributed by atoms with Gasteiger partial charge < -0.3 is 9.80 Å². The van der Waals surface area contributed by atoms with Gasteiger partial charge in [0.2, 0.25) is 0 Å². The third-order valence-electron chi connectivity index (χ3n) is 5.66. The van der Waals surface area contributed by atoms with Crippen molar-refractivity contribution in [2.45, 2.75) is 25.3 Å². The molecular formula is C22H25Cl2N3O. The highest BCUT2D eigenvalue weighted by Gasteiger charge is 2.34. The van der Waals surface area contributed by atoms with Crippen LogP contribution in [0.5, 0.6) is 0 Å². The number of likely N-dealkylation sites (tertiary alicyclic amines) is 1. The first kappa shape index (κ1) is 19.6. The molecule has 0 bridgehead atoms. The monoisotopic (exact) mass is 417 g/mol. The van der Waals surface area contributed by atoms with Crippen molar-refractivity contribution in [2.24, 2.45) is 0 Å². The fraction of sp³-hybridized carbons (Fsp3) is 0.409. The summed E-state index contributed by atoms with van der Waals surface area (Å²) in [5, 5.41) is 0.976. The standard InChI is InChI=1S/C22H25Cl2N3O/c23-19-10-9-18(15-20(19)24)26-13-6-14-27(22(26)28)21(16-25-11-4-5-12-25)17-7-2-1-3-8-17/h1-3,7-10,15,21H,4-6,11-14,16H2/t21-/m1/s1. The minimum Gasteiger partial charge on any atom is -0.316 e. The molecule has 2 aliphatic rings. The number of hydrogen-bond donors (Lipinski definition) is 0. The van der Waals surface area contributed by atoms with Crippen LogP contribution in [0.15, 0.2) is 48.5 Å². The van der Waals surface area contributed by atoms with E-state index in [1.807, 2.05) is 21.9 Å². The third-order valence-corrected chi connectivity index (χ3v) is 6.40. The van der Waals surface area contributed by atoms with Crippen LogP contribution in [0.2, 0.25) is 10.0 Å². The Morgan fingerprint density at radius 1 is 0.857 bits per heavy atom. The Hall–Kier alpha value is -1.75. The number of amides is 2. The van der Waals surface area contributed by atoms with Crippen LogP contribution < -0.4 is 4.90 Å². The predicted octanol–water partition coefficient (Wildman–Crippen LogP) is 5.46. The van der Waals surface area contributed by atoms with Crippen molar-refractivity contribution in [2.75, 3.05) is 37.6 Å². The highest BCUT2D eigenvalue weighted by molar-refractivity contribution is 6.42. The molecule has 0 aliphatic carbocycles. The van der Waals surface area contributed by atoms with E-state index in [1.165, 1.54) is 18.4 Å². The molecular weight excluding hydrogens is 393 g/mol. The first-order valence-corrected chi connectivity index (χ1v) is 10.7. The van der Waals surface area contributed by atoms with E-state index in [-0.39, 0.29) is 12.1 Å². The third kappa shape index (κ3) is 4.14. The number of anilines is 1. The lowest BCUT2D eigenvalue weighted by molar-refractivity contribution is 0.148. The summed E-state index contributed by atoms with van der Waals surface area (Å²) in [6.07, 6.45) is 3.41. The highest BCUT2D eigenvalue weighted by atomic mass is 35.5. The van der Waals surface area contributed by atoms with E-state index in [2.05, 4.69) is 29.2 Å². The van der Waals surface area contributed by atoms with Crippen molar-refractivity contribution in [3.8, 4) is 0 Å². The number of carbonyl (C=O) groups is 1. The number of carbonyl (C=O) groups excluding carboxylic acids is 1. The van der Waals surface area contributed by atoms with Crippen LogP contribution in [0.3, 0.4) is 0 Å². The van der Waals surface area contributed by atoms with Crippen molar-refractivity contribution in [1.82, 2.24) is 9.80 Å². The zero-order chi connectivity index (χ0) is 19.5. The maximum atomic E-state index is 13.5. The Morgan fingerprint density at radius 3 is 2.32 bits per heavy atom. The summed E-state index contributed by atoms with van der Waals surface area (Å²) in [4.78, 5) is 19.8. The van der Waals surface area contributed by atoms with Crippen LogP contribution in [-0.2, 0) is 0 Å². The summed E-state index contributed by atoms with van der Waals surface area (Å²) in [7, 11) is 0. The molecule has 0 radical (unpaired) electrons. The van der Waals surface area contributed by atoms with Gasteiger partial charge in [-0.25, -0.2) is 4.79 Å². The highest BCUT2D eigenvalue weighted by Crippen LogP contribution is 2.32. The average Bonchev–Trinajstić information content (AvgIpc) is 3.23. The van der Waals surface area contributed by atoms with Crippen molar-refractivity contribution in [3.05, 3.63) is 64.1 Å². The van der Waals surface area contributed by atoms with Gasteiger partial charge in [0.05, 0.1) is 16.1 Å². The fourth-order valence-corrected chi connectivity index (χ4v) is 4.49. The number of nitrogens with zero attached hydrogens (tertiary/aromatic N) is 3. The summed E-state index contributed by atoms with van der Waals surface area (Å²) in [6, 6.07) is 15.9. The molecule has 0 saturated carbocycles. The SMILES string of the molecule is O=C1N(c2ccc(Cl)c(Cl)c2)CCCN1[C@H](CN1CCCC1)c1ccccc1. The summed E-state index contributed by atoms with van der Waals surface area (Å²) >= 11 is 12.3. The fourth-order valence-electron chi connectivity index (χ4n) is 4.20. The van der Waals surface area contributed by atoms with E-state index in [0.717, 1.165) is 38.3 Å². The molecule has 4 nitrogen and oxygen atoms in total. The Bertz CT molecular complexity index is 824. The van der Waals surface area contributed by atoms with Crippen LogP contribution in [-0.4, -0.2) is 48.6 Å². The summed E-state index contributed by atoms with van der Waals surface area (Å²) in [5.41, 5.74) is 2.00. The molecule has 0 N–H and O–H groups in total. The normalized spacial score (nSPS) is 19.3. The second kappa shape index (κ2) is 8.73. The van der Waals surface area contributed by atoms with Gasteiger partial charge in [0.25, 0.3) is 0 Å². The predicted molar refractivity (Wildman–Crippen MR) is 115 cm³/mol. The number of rotatable bonds is 5. The minimum absolute atomic E-state index is 0.0395. The van der Waals surface area contributed by atoms with Gasteiger partial charge in [-0.15, -0.1) is 0 Å². The Balaban J connectivity index is 1.61. The molecule has 2 aromatic carbocycles. The van der Waals surface area contributed by atoms with E-state index in [0.29, 0.717) is 16.6 Å². The molecule has 2 aromatic rings. The molecule has 0 spiro atoms. The van der Waals surface area contributed by atoms with Gasteiger partial charge in [-0.05, 0) is 56.1 Å². The second-order valence-electron chi connectivity index (χ2n) is 7.51. The summed E-state index contributed by atoms with van der Waals surface area (Å²) in [5.74, 6) is 0. The van der Waals surface area contributed by atoms with Crippen LogP contribution >= 0.6 is 23.2 Å². The lowest BCUT2D eigenvalue weighted by atomic mass is 10.0. The van der Waals surface area contributed by atoms with Crippen molar-refractivity contribution < 1.29 is 4.79 Å². The number of hydrogen-bond acceptors (Lipinski definition) is 2. The molecule has 2 heterocycles. The maximum absolute atomic E-state index is 13.5. The number of benzene rings is 2. The zero-order valence-corrected chi connectivity index (χ0v) is 17.4. The van der Waals surface area contributed by atoms with E-state index >= 15 is 0 Å². The van der Waals surface area contributed by atoms with Crippen molar-refractivity contribution in [3.63, 3.8) is 0 Å². The minimum atomic E-state index is 0.0395. The molecule has 6 heteroatoms. The summed E-state index contributed by atoms with van der Waals surface area (Å²) < 4.78 is 0. The molecule has 2 aliphatic heterocycles. The Morgan fingerprint density at radius 2 is 1.61 bits per heavy atom. The topological polar surface area (TPSA) is 26.8 Å². The largest absolute Gasteiger partial charge is 0.325 e. The smallest absolute Gasteiger partial charge is 0.316 e. The van der Waals surface area contributed by atoms with E-state index in [4.69, 9.17) is 23.2 Å². The molecule has 2 amide bonds. The van der Waals surface area contributed by atoms with Gasteiger partial charge in [0.1, 0.15) is 0 Å². The van der Waals surface area contributed by atoms with E-state index in [9.17, 15) is 4.79 Å². The van der Waals surface area contributed by atoms with Crippen LogP contribution in [0, 0.1) is 0 Å². The van der Waals surface area contributed by atoms with E-state index in [1.54, 1.807) is 12.1 Å². The molecule has 2 fully saturated rings. The molecule has 0 aromatic heterocycles. The molecule has 1 atom stereocenters. The molecule has 0 unspecified atom stereocenters. The molecule has 148 valence electrons. The number of halogens is 2. The van der Waals surface area contributed by atoms with E-state index < -0.39 is 0 Å². The first-order valence-electron chi connectivity index (χ1n) is 9.94. The maximum Gasteiger partial charge on any atom is 0.325 e. The van der Waals surface area contributed by atoms with Gasteiger partial charge in [-0.1, -0.05) is 53.5 Å². The second-order valence-corrected chi connectivity index (χ2v) is 8.33. The zero-order valence-electron chi connectivity index (χ0n) is 15.9. The number of urea groups is 1. The van der Waals surface area contributed by atoms with Gasteiger partial charge >= 0.3 is 6.03 Å². The van der Waals surface area contributed by atoms with Gasteiger partial charge in [-0.3, -0.25) is 4.90 Å². The van der Waals surface area contributed by atoms with Crippen LogP contribution in [0.25, 0.3) is 0 Å². The first-order chi connectivity index (χ1) is 13.6. The summed E-state index contributed by atoms with van der Waals surface area (Å²) in [6.45, 7) is 4.57. The molecule has 28 heavy (non-hydrogen) atoms. The van der Waals surface area contributed by atoms with Crippen LogP contribution in [0.4, 0.5) is 10.5 Å². The molecule has 2 saturated heterocycles. The van der Waals surface area contributed by atoms with Gasteiger partial charge in [0, 0.05) is 25.3 Å². The van der Waals surface area contributed by atoms with Crippen molar-refractivity contribution in [1.29, 1.82) is 0 Å². The lowest BCUT2D eigenvalue weighted by Gasteiger charge is -2.41. The lowest BCUT2D eigenvalue weighted by Crippen LogP contribution is -2.52. The quantitative estimate of drug-likeness (QED) is 0.645. The van der Waals surface area contributed by atoms with Crippen LogP contribution in [0.1, 0.15) is 30.9 Å². The molecule has 4 rings (SSSR count). The van der Waals surface area contributed by atoms with Gasteiger partial charge in [-0.2, -0.15) is 0 Å². The van der Waals surface area contributed by atoms with Crippen molar-refractivity contribution >= 4 is 34.9 Å². The average molecular weight is 418 g/mol.